The SMILES string of the molecule is CCc1cccc(C)c1N/C=C(\C#N)c1nc(C)cs1. The van der Waals surface area contributed by atoms with Gasteiger partial charge >= 0.3 is 0 Å². The highest BCUT2D eigenvalue weighted by atomic mass is 32.1. The van der Waals surface area contributed by atoms with Crippen LogP contribution in [0.3, 0.4) is 0 Å². The van der Waals surface area contributed by atoms with Crippen molar-refractivity contribution in [1.82, 2.24) is 4.98 Å². The zero-order chi connectivity index (χ0) is 14.5. The van der Waals surface area contributed by atoms with E-state index in [1.807, 2.05) is 12.3 Å². The van der Waals surface area contributed by atoms with Gasteiger partial charge in [-0.2, -0.15) is 5.26 Å². The number of para-hydroxylation sites is 1. The molecule has 1 aromatic carbocycles. The molecule has 0 aliphatic heterocycles. The molecule has 0 aliphatic rings. The largest absolute Gasteiger partial charge is 0.360 e. The van der Waals surface area contributed by atoms with E-state index in [0.29, 0.717) is 5.57 Å². The third kappa shape index (κ3) is 3.06. The lowest BCUT2D eigenvalue weighted by atomic mass is 10.1. The van der Waals surface area contributed by atoms with Gasteiger partial charge in [0.25, 0.3) is 0 Å². The molecule has 0 spiro atoms. The van der Waals surface area contributed by atoms with Crippen LogP contribution < -0.4 is 5.32 Å². The maximum Gasteiger partial charge on any atom is 0.135 e. The smallest absolute Gasteiger partial charge is 0.135 e. The molecule has 0 saturated heterocycles. The fourth-order valence-corrected chi connectivity index (χ4v) is 2.76. The summed E-state index contributed by atoms with van der Waals surface area (Å²) in [5.41, 5.74) is 5.00. The molecule has 0 amide bonds. The van der Waals surface area contributed by atoms with Crippen LogP contribution >= 0.6 is 11.3 Å². The summed E-state index contributed by atoms with van der Waals surface area (Å²) in [7, 11) is 0. The molecule has 4 heteroatoms. The molecule has 0 unspecified atom stereocenters. The van der Waals surface area contributed by atoms with Crippen molar-refractivity contribution in [3.63, 3.8) is 0 Å². The summed E-state index contributed by atoms with van der Waals surface area (Å²) in [6.45, 7) is 6.12. The number of benzene rings is 1. The Balaban J connectivity index is 2.30. The average molecular weight is 283 g/mol. The predicted octanol–water partition coefficient (Wildman–Crippen LogP) is 4.30. The number of hydrogen-bond donors (Lipinski definition) is 1. The lowest BCUT2D eigenvalue weighted by Gasteiger charge is -2.11. The number of hydrogen-bond acceptors (Lipinski definition) is 4. The molecule has 0 saturated carbocycles. The number of thiazole rings is 1. The summed E-state index contributed by atoms with van der Waals surface area (Å²) >= 11 is 1.49. The molecule has 0 atom stereocenters. The van der Waals surface area contributed by atoms with Crippen LogP contribution in [0.25, 0.3) is 5.57 Å². The molecule has 0 aliphatic carbocycles. The van der Waals surface area contributed by atoms with E-state index in [0.717, 1.165) is 22.8 Å². The Bertz CT molecular complexity index is 677. The zero-order valence-electron chi connectivity index (χ0n) is 11.9. The van der Waals surface area contributed by atoms with Gasteiger partial charge in [0.1, 0.15) is 16.6 Å². The topological polar surface area (TPSA) is 48.7 Å². The second-order valence-corrected chi connectivity index (χ2v) is 5.43. The number of nitrogens with zero attached hydrogens (tertiary/aromatic N) is 2. The fourth-order valence-electron chi connectivity index (χ4n) is 1.99. The van der Waals surface area contributed by atoms with Crippen LogP contribution in [0.2, 0.25) is 0 Å². The molecule has 1 aromatic heterocycles. The lowest BCUT2D eigenvalue weighted by Crippen LogP contribution is -1.98. The molecule has 0 radical (unpaired) electrons. The molecule has 2 aromatic rings. The van der Waals surface area contributed by atoms with Crippen LogP contribution in [0.4, 0.5) is 5.69 Å². The molecule has 1 N–H and O–H groups in total. The van der Waals surface area contributed by atoms with Crippen molar-refractivity contribution in [3.8, 4) is 6.07 Å². The van der Waals surface area contributed by atoms with Crippen LogP contribution in [0.15, 0.2) is 29.8 Å². The number of nitriles is 1. The Morgan fingerprint density at radius 1 is 1.45 bits per heavy atom. The van der Waals surface area contributed by atoms with Crippen LogP contribution in [0.5, 0.6) is 0 Å². The van der Waals surface area contributed by atoms with Crippen molar-refractivity contribution in [3.05, 3.63) is 51.6 Å². The molecular formula is C16H17N3S. The summed E-state index contributed by atoms with van der Waals surface area (Å²) in [4.78, 5) is 4.35. The summed E-state index contributed by atoms with van der Waals surface area (Å²) in [6.07, 6.45) is 2.70. The van der Waals surface area contributed by atoms with E-state index in [1.165, 1.54) is 22.5 Å². The summed E-state index contributed by atoms with van der Waals surface area (Å²) < 4.78 is 0. The van der Waals surface area contributed by atoms with E-state index >= 15 is 0 Å². The first-order chi connectivity index (χ1) is 9.65. The van der Waals surface area contributed by atoms with E-state index in [4.69, 9.17) is 0 Å². The maximum atomic E-state index is 9.27. The molecule has 102 valence electrons. The monoisotopic (exact) mass is 283 g/mol. The van der Waals surface area contributed by atoms with Gasteiger partial charge in [-0.3, -0.25) is 0 Å². The zero-order valence-corrected chi connectivity index (χ0v) is 12.7. The van der Waals surface area contributed by atoms with E-state index in [1.54, 1.807) is 6.20 Å². The second kappa shape index (κ2) is 6.36. The van der Waals surface area contributed by atoms with Gasteiger partial charge in [-0.15, -0.1) is 11.3 Å². The van der Waals surface area contributed by atoms with Crippen molar-refractivity contribution >= 4 is 22.6 Å². The standard InChI is InChI=1S/C16H17N3S/c1-4-13-7-5-6-11(2)15(13)18-9-14(8-17)16-19-12(3)10-20-16/h5-7,9-10,18H,4H2,1-3H3/b14-9+. The van der Waals surface area contributed by atoms with Gasteiger partial charge < -0.3 is 5.32 Å². The minimum Gasteiger partial charge on any atom is -0.360 e. The molecule has 0 fully saturated rings. The average Bonchev–Trinajstić information content (AvgIpc) is 2.87. The van der Waals surface area contributed by atoms with Gasteiger partial charge in [-0.25, -0.2) is 4.98 Å². The van der Waals surface area contributed by atoms with Crippen molar-refractivity contribution in [2.75, 3.05) is 5.32 Å². The molecule has 0 bridgehead atoms. The molecule has 3 nitrogen and oxygen atoms in total. The minimum absolute atomic E-state index is 0.563. The number of aryl methyl sites for hydroxylation is 3. The van der Waals surface area contributed by atoms with Crippen molar-refractivity contribution in [1.29, 1.82) is 5.26 Å². The first kappa shape index (κ1) is 14.3. The van der Waals surface area contributed by atoms with Gasteiger partial charge in [0.05, 0.1) is 0 Å². The van der Waals surface area contributed by atoms with Crippen LogP contribution in [0.1, 0.15) is 28.8 Å². The third-order valence-electron chi connectivity index (χ3n) is 3.07. The van der Waals surface area contributed by atoms with Crippen LogP contribution in [-0.4, -0.2) is 4.98 Å². The van der Waals surface area contributed by atoms with Gasteiger partial charge in [0.15, 0.2) is 0 Å². The normalized spacial score (nSPS) is 11.2. The second-order valence-electron chi connectivity index (χ2n) is 4.57. The molecule has 20 heavy (non-hydrogen) atoms. The highest BCUT2D eigenvalue weighted by molar-refractivity contribution is 7.10. The van der Waals surface area contributed by atoms with Crippen LogP contribution in [0, 0.1) is 25.2 Å². The highest BCUT2D eigenvalue weighted by Crippen LogP contribution is 2.23. The van der Waals surface area contributed by atoms with Gasteiger partial charge in [0, 0.05) is 23.0 Å². The Labute approximate surface area is 123 Å². The number of anilines is 1. The van der Waals surface area contributed by atoms with Crippen LogP contribution in [-0.2, 0) is 6.42 Å². The summed E-state index contributed by atoms with van der Waals surface area (Å²) in [5, 5.41) is 15.2. The third-order valence-corrected chi connectivity index (χ3v) is 4.06. The fraction of sp³-hybridized carbons (Fsp3) is 0.250. The number of rotatable bonds is 4. The number of nitrogens with one attached hydrogen (secondary N) is 1. The molecular weight excluding hydrogens is 266 g/mol. The Morgan fingerprint density at radius 2 is 2.25 bits per heavy atom. The quantitative estimate of drug-likeness (QED) is 0.851. The highest BCUT2D eigenvalue weighted by Gasteiger charge is 2.07. The van der Waals surface area contributed by atoms with Gasteiger partial charge in [0.2, 0.25) is 0 Å². The first-order valence-corrected chi connectivity index (χ1v) is 7.41. The number of aromatic nitrogens is 1. The Morgan fingerprint density at radius 3 is 2.85 bits per heavy atom. The predicted molar refractivity (Wildman–Crippen MR) is 84.6 cm³/mol. The van der Waals surface area contributed by atoms with Crippen molar-refractivity contribution < 1.29 is 0 Å². The van der Waals surface area contributed by atoms with Gasteiger partial charge in [-0.1, -0.05) is 25.1 Å². The van der Waals surface area contributed by atoms with E-state index in [9.17, 15) is 5.26 Å². The minimum atomic E-state index is 0.563. The summed E-state index contributed by atoms with van der Waals surface area (Å²) in [6, 6.07) is 8.42. The molecule has 1 heterocycles. The van der Waals surface area contributed by atoms with Crippen molar-refractivity contribution in [2.45, 2.75) is 27.2 Å². The summed E-state index contributed by atoms with van der Waals surface area (Å²) in [5.74, 6) is 0. The Hall–Kier alpha value is -2.12. The maximum absolute atomic E-state index is 9.27. The van der Waals surface area contributed by atoms with Gasteiger partial charge in [-0.05, 0) is 31.4 Å². The van der Waals surface area contributed by atoms with E-state index < -0.39 is 0 Å². The van der Waals surface area contributed by atoms with E-state index in [-0.39, 0.29) is 0 Å². The van der Waals surface area contributed by atoms with Crippen molar-refractivity contribution in [2.24, 2.45) is 0 Å². The lowest BCUT2D eigenvalue weighted by molar-refractivity contribution is 1.13. The first-order valence-electron chi connectivity index (χ1n) is 6.53. The molecule has 2 rings (SSSR count). The van der Waals surface area contributed by atoms with E-state index in [2.05, 4.69) is 48.4 Å². The Kier molecular flexibility index (Phi) is 4.54. The number of allylic oxidation sites excluding steroid dienone is 1.